The summed E-state index contributed by atoms with van der Waals surface area (Å²) in [7, 11) is 3.90. The quantitative estimate of drug-likeness (QED) is 0.728. The molecule has 0 atom stereocenters. The molecular formula is C10H16N4O. The van der Waals surface area contributed by atoms with Crippen molar-refractivity contribution in [1.29, 1.82) is 0 Å². The second-order valence-electron chi connectivity index (χ2n) is 3.53. The van der Waals surface area contributed by atoms with Gasteiger partial charge in [0.15, 0.2) is 0 Å². The average molecular weight is 208 g/mol. The maximum Gasteiger partial charge on any atom is 0.269 e. The molecule has 0 fully saturated rings. The van der Waals surface area contributed by atoms with Gasteiger partial charge in [0.25, 0.3) is 5.91 Å². The van der Waals surface area contributed by atoms with Gasteiger partial charge < -0.3 is 16.0 Å². The molecular weight excluding hydrogens is 192 g/mol. The van der Waals surface area contributed by atoms with Crippen LogP contribution in [0.3, 0.4) is 0 Å². The van der Waals surface area contributed by atoms with Crippen molar-refractivity contribution in [3.8, 4) is 0 Å². The number of nitrogens with zero attached hydrogens (tertiary/aromatic N) is 2. The van der Waals surface area contributed by atoms with E-state index in [1.165, 1.54) is 6.20 Å². The third-order valence-corrected chi connectivity index (χ3v) is 1.86. The molecule has 0 aromatic carbocycles. The first kappa shape index (κ1) is 11.5. The highest BCUT2D eigenvalue weighted by atomic mass is 16.1. The molecule has 0 unspecified atom stereocenters. The van der Waals surface area contributed by atoms with Crippen molar-refractivity contribution < 1.29 is 4.79 Å². The van der Waals surface area contributed by atoms with Crippen LogP contribution < -0.4 is 11.1 Å². The van der Waals surface area contributed by atoms with Gasteiger partial charge in [0.1, 0.15) is 5.69 Å². The van der Waals surface area contributed by atoms with Crippen LogP contribution in [0.15, 0.2) is 18.3 Å². The Morgan fingerprint density at radius 2 is 2.33 bits per heavy atom. The lowest BCUT2D eigenvalue weighted by atomic mass is 10.3. The summed E-state index contributed by atoms with van der Waals surface area (Å²) in [6.45, 7) is 1.40. The Kier molecular flexibility index (Phi) is 4.05. The number of aromatic nitrogens is 1. The minimum atomic E-state index is -0.191. The molecule has 1 heterocycles. The van der Waals surface area contributed by atoms with Gasteiger partial charge in [-0.3, -0.25) is 9.78 Å². The summed E-state index contributed by atoms with van der Waals surface area (Å²) in [5, 5.41) is 2.76. The van der Waals surface area contributed by atoms with E-state index in [9.17, 15) is 4.79 Å². The summed E-state index contributed by atoms with van der Waals surface area (Å²) in [5.41, 5.74) is 6.44. The second kappa shape index (κ2) is 5.31. The predicted molar refractivity (Wildman–Crippen MR) is 59.5 cm³/mol. The summed E-state index contributed by atoms with van der Waals surface area (Å²) >= 11 is 0. The zero-order valence-corrected chi connectivity index (χ0v) is 9.03. The summed E-state index contributed by atoms with van der Waals surface area (Å²) in [6, 6.07) is 3.21. The number of nitrogens with two attached hydrogens (primary N) is 1. The molecule has 0 aliphatic rings. The summed E-state index contributed by atoms with van der Waals surface area (Å²) in [6.07, 6.45) is 1.52. The van der Waals surface area contributed by atoms with Crippen LogP contribution >= 0.6 is 0 Å². The largest absolute Gasteiger partial charge is 0.399 e. The molecule has 0 aliphatic heterocycles. The van der Waals surface area contributed by atoms with Crippen molar-refractivity contribution in [3.05, 3.63) is 24.0 Å². The van der Waals surface area contributed by atoms with E-state index in [4.69, 9.17) is 5.73 Å². The maximum absolute atomic E-state index is 11.5. The Bertz CT molecular complexity index is 338. The zero-order valence-electron chi connectivity index (χ0n) is 9.03. The van der Waals surface area contributed by atoms with Crippen molar-refractivity contribution in [3.63, 3.8) is 0 Å². The standard InChI is InChI=1S/C10H16N4O/c1-14(2)6-5-13-10(15)9-7-8(11)3-4-12-9/h3-4,7H,5-6H2,1-2H3,(H2,11,12)(H,13,15). The summed E-state index contributed by atoms with van der Waals surface area (Å²) in [4.78, 5) is 17.5. The molecule has 0 saturated heterocycles. The Hall–Kier alpha value is -1.62. The van der Waals surface area contributed by atoms with Gasteiger partial charge in [0.2, 0.25) is 0 Å². The highest BCUT2D eigenvalue weighted by Gasteiger charge is 2.05. The van der Waals surface area contributed by atoms with Gasteiger partial charge in [-0.15, -0.1) is 0 Å². The fourth-order valence-corrected chi connectivity index (χ4v) is 1.05. The van der Waals surface area contributed by atoms with Gasteiger partial charge in [-0.1, -0.05) is 0 Å². The van der Waals surface area contributed by atoms with E-state index in [0.717, 1.165) is 6.54 Å². The molecule has 5 heteroatoms. The smallest absolute Gasteiger partial charge is 0.269 e. The highest BCUT2D eigenvalue weighted by molar-refractivity contribution is 5.92. The molecule has 0 saturated carbocycles. The monoisotopic (exact) mass is 208 g/mol. The number of hydrogen-bond acceptors (Lipinski definition) is 4. The number of nitrogen functional groups attached to an aromatic ring is 1. The van der Waals surface area contributed by atoms with Crippen LogP contribution in [-0.4, -0.2) is 43.0 Å². The molecule has 15 heavy (non-hydrogen) atoms. The molecule has 1 amide bonds. The lowest BCUT2D eigenvalue weighted by Gasteiger charge is -2.10. The Morgan fingerprint density at radius 1 is 1.60 bits per heavy atom. The zero-order chi connectivity index (χ0) is 11.3. The van der Waals surface area contributed by atoms with Crippen molar-refractivity contribution in [1.82, 2.24) is 15.2 Å². The number of amides is 1. The molecule has 5 nitrogen and oxygen atoms in total. The first-order valence-corrected chi connectivity index (χ1v) is 4.74. The van der Waals surface area contributed by atoms with Gasteiger partial charge in [0.05, 0.1) is 0 Å². The lowest BCUT2D eigenvalue weighted by Crippen LogP contribution is -2.31. The van der Waals surface area contributed by atoms with Gasteiger partial charge in [0, 0.05) is 25.0 Å². The van der Waals surface area contributed by atoms with Crippen LogP contribution in [0.2, 0.25) is 0 Å². The molecule has 0 radical (unpaired) electrons. The number of likely N-dealkylation sites (N-methyl/N-ethyl adjacent to an activating group) is 1. The molecule has 0 bridgehead atoms. The average Bonchev–Trinajstić information content (AvgIpc) is 2.17. The van der Waals surface area contributed by atoms with Crippen molar-refractivity contribution in [2.45, 2.75) is 0 Å². The van der Waals surface area contributed by atoms with Gasteiger partial charge in [-0.2, -0.15) is 0 Å². The number of carbonyl (C=O) groups is 1. The molecule has 1 aromatic rings. The van der Waals surface area contributed by atoms with Crippen LogP contribution in [0.1, 0.15) is 10.5 Å². The van der Waals surface area contributed by atoms with Crippen LogP contribution in [0.25, 0.3) is 0 Å². The predicted octanol–water partition coefficient (Wildman–Crippen LogP) is -0.0448. The number of anilines is 1. The van der Waals surface area contributed by atoms with E-state index >= 15 is 0 Å². The Morgan fingerprint density at radius 3 is 2.93 bits per heavy atom. The second-order valence-corrected chi connectivity index (χ2v) is 3.53. The van der Waals surface area contributed by atoms with Crippen molar-refractivity contribution in [2.75, 3.05) is 32.9 Å². The first-order valence-electron chi connectivity index (χ1n) is 4.74. The van der Waals surface area contributed by atoms with Crippen molar-refractivity contribution in [2.24, 2.45) is 0 Å². The third kappa shape index (κ3) is 3.95. The number of rotatable bonds is 4. The normalized spacial score (nSPS) is 10.3. The number of nitrogens with one attached hydrogen (secondary N) is 1. The number of hydrogen-bond donors (Lipinski definition) is 2. The fourth-order valence-electron chi connectivity index (χ4n) is 1.05. The SMILES string of the molecule is CN(C)CCNC(=O)c1cc(N)ccn1. The van der Waals surface area contributed by atoms with E-state index in [0.29, 0.717) is 17.9 Å². The molecule has 3 N–H and O–H groups in total. The van der Waals surface area contributed by atoms with E-state index < -0.39 is 0 Å². The van der Waals surface area contributed by atoms with Crippen LogP contribution in [0.4, 0.5) is 5.69 Å². The first-order chi connectivity index (χ1) is 7.09. The van der Waals surface area contributed by atoms with E-state index in [2.05, 4.69) is 10.3 Å². The Labute approximate surface area is 89.3 Å². The topological polar surface area (TPSA) is 71.2 Å². The summed E-state index contributed by atoms with van der Waals surface area (Å²) < 4.78 is 0. The highest BCUT2D eigenvalue weighted by Crippen LogP contribution is 2.02. The lowest BCUT2D eigenvalue weighted by molar-refractivity contribution is 0.0946. The van der Waals surface area contributed by atoms with E-state index in [1.54, 1.807) is 12.1 Å². The fraction of sp³-hybridized carbons (Fsp3) is 0.400. The number of pyridine rings is 1. The maximum atomic E-state index is 11.5. The molecule has 82 valence electrons. The minimum absolute atomic E-state index is 0.191. The minimum Gasteiger partial charge on any atom is -0.399 e. The number of carbonyl (C=O) groups excluding carboxylic acids is 1. The molecule has 0 aliphatic carbocycles. The van der Waals surface area contributed by atoms with Crippen molar-refractivity contribution >= 4 is 11.6 Å². The van der Waals surface area contributed by atoms with E-state index in [-0.39, 0.29) is 5.91 Å². The summed E-state index contributed by atoms with van der Waals surface area (Å²) in [5.74, 6) is -0.191. The van der Waals surface area contributed by atoms with Crippen LogP contribution in [0.5, 0.6) is 0 Å². The van der Waals surface area contributed by atoms with Gasteiger partial charge in [-0.05, 0) is 26.2 Å². The van der Waals surface area contributed by atoms with Crippen LogP contribution in [-0.2, 0) is 0 Å². The molecule has 1 aromatic heterocycles. The Balaban J connectivity index is 2.47. The van der Waals surface area contributed by atoms with Gasteiger partial charge in [-0.25, -0.2) is 0 Å². The molecule has 1 rings (SSSR count). The molecule has 0 spiro atoms. The van der Waals surface area contributed by atoms with Gasteiger partial charge >= 0.3 is 0 Å². The van der Waals surface area contributed by atoms with Crippen LogP contribution in [0, 0.1) is 0 Å². The van der Waals surface area contributed by atoms with E-state index in [1.807, 2.05) is 19.0 Å². The third-order valence-electron chi connectivity index (χ3n) is 1.86.